The molecular formula is C23H34N4O3S. The second-order valence-electron chi connectivity index (χ2n) is 9.13. The Morgan fingerprint density at radius 3 is 2.71 bits per heavy atom. The van der Waals surface area contributed by atoms with Crippen LogP contribution in [0.4, 0.5) is 16.2 Å². The molecule has 1 saturated heterocycles. The minimum atomic E-state index is -0.471. The first-order valence-electron chi connectivity index (χ1n) is 11.1. The molecule has 2 aromatic rings. The van der Waals surface area contributed by atoms with Crippen molar-refractivity contribution in [3.05, 3.63) is 17.6 Å². The molecule has 0 unspecified atom stereocenters. The van der Waals surface area contributed by atoms with Crippen LogP contribution in [-0.2, 0) is 9.53 Å². The molecular weight excluding hydrogens is 412 g/mol. The van der Waals surface area contributed by atoms with Crippen LogP contribution in [0, 0.1) is 5.92 Å². The van der Waals surface area contributed by atoms with Gasteiger partial charge in [-0.05, 0) is 57.4 Å². The highest BCUT2D eigenvalue weighted by Crippen LogP contribution is 2.34. The van der Waals surface area contributed by atoms with Gasteiger partial charge in [0.05, 0.1) is 27.8 Å². The van der Waals surface area contributed by atoms with Crippen molar-refractivity contribution in [1.29, 1.82) is 0 Å². The Balaban J connectivity index is 1.60. The number of piperidine rings is 1. The standard InChI is InChI=1S/C23H34N4O3S/c1-5-6-7-19(28)26-18-15-24-17-10-13-31-21(17)20(18)25-14-16-8-11-27(12-9-16)22(29)30-23(2,3)4/h10,13,15-16H,5-9,11-12,14H2,1-4H3,(H,24,25)(H,26,28). The lowest BCUT2D eigenvalue weighted by molar-refractivity contribution is -0.116. The summed E-state index contributed by atoms with van der Waals surface area (Å²) in [5.74, 6) is 0.471. The Labute approximate surface area is 188 Å². The van der Waals surface area contributed by atoms with Crippen LogP contribution in [0.2, 0.25) is 0 Å². The molecule has 1 aliphatic rings. The molecule has 2 amide bonds. The third-order valence-corrected chi connectivity index (χ3v) is 6.26. The number of amides is 2. The van der Waals surface area contributed by atoms with Gasteiger partial charge in [0.25, 0.3) is 0 Å². The molecule has 0 atom stereocenters. The van der Waals surface area contributed by atoms with Crippen LogP contribution in [0.1, 0.15) is 59.8 Å². The molecule has 170 valence electrons. The lowest BCUT2D eigenvalue weighted by atomic mass is 9.97. The molecule has 0 spiro atoms. The van der Waals surface area contributed by atoms with Crippen molar-refractivity contribution < 1.29 is 14.3 Å². The monoisotopic (exact) mass is 446 g/mol. The van der Waals surface area contributed by atoms with E-state index in [0.29, 0.717) is 25.4 Å². The van der Waals surface area contributed by atoms with E-state index >= 15 is 0 Å². The van der Waals surface area contributed by atoms with E-state index in [4.69, 9.17) is 4.74 Å². The van der Waals surface area contributed by atoms with Crippen LogP contribution in [0.25, 0.3) is 10.2 Å². The number of ether oxygens (including phenoxy) is 1. The summed E-state index contributed by atoms with van der Waals surface area (Å²) in [5.41, 5.74) is 2.14. The normalized spacial score (nSPS) is 15.2. The topological polar surface area (TPSA) is 83.6 Å². The highest BCUT2D eigenvalue weighted by atomic mass is 32.1. The molecule has 3 heterocycles. The van der Waals surface area contributed by atoms with Crippen molar-refractivity contribution in [2.45, 2.75) is 65.4 Å². The molecule has 7 nitrogen and oxygen atoms in total. The first kappa shape index (κ1) is 23.3. The second-order valence-corrected chi connectivity index (χ2v) is 10.0. The number of unbranched alkanes of at least 4 members (excludes halogenated alkanes) is 1. The number of rotatable bonds is 7. The third-order valence-electron chi connectivity index (χ3n) is 5.34. The smallest absolute Gasteiger partial charge is 0.410 e. The zero-order chi connectivity index (χ0) is 22.4. The number of hydrogen-bond donors (Lipinski definition) is 2. The molecule has 0 aromatic carbocycles. The summed E-state index contributed by atoms with van der Waals surface area (Å²) in [7, 11) is 0. The van der Waals surface area contributed by atoms with Crippen molar-refractivity contribution in [3.8, 4) is 0 Å². The molecule has 2 N–H and O–H groups in total. The van der Waals surface area contributed by atoms with E-state index in [-0.39, 0.29) is 12.0 Å². The molecule has 3 rings (SSSR count). The van der Waals surface area contributed by atoms with Gasteiger partial charge in [-0.25, -0.2) is 4.79 Å². The number of fused-ring (bicyclic) bond motifs is 1. The highest BCUT2D eigenvalue weighted by Gasteiger charge is 2.27. The number of anilines is 2. The van der Waals surface area contributed by atoms with Crippen LogP contribution in [0.15, 0.2) is 17.6 Å². The zero-order valence-corrected chi connectivity index (χ0v) is 19.8. The van der Waals surface area contributed by atoms with Gasteiger partial charge in [0.1, 0.15) is 5.60 Å². The number of aromatic nitrogens is 1. The first-order valence-corrected chi connectivity index (χ1v) is 12.0. The van der Waals surface area contributed by atoms with E-state index < -0.39 is 5.60 Å². The maximum atomic E-state index is 12.3. The van der Waals surface area contributed by atoms with Gasteiger partial charge in [-0.3, -0.25) is 9.78 Å². The maximum absolute atomic E-state index is 12.3. The summed E-state index contributed by atoms with van der Waals surface area (Å²) in [6, 6.07) is 1.99. The second kappa shape index (κ2) is 10.3. The average Bonchev–Trinajstić information content (AvgIpc) is 3.19. The van der Waals surface area contributed by atoms with Crippen molar-refractivity contribution in [2.24, 2.45) is 5.92 Å². The quantitative estimate of drug-likeness (QED) is 0.588. The Kier molecular flexibility index (Phi) is 7.75. The summed E-state index contributed by atoms with van der Waals surface area (Å²) in [6.07, 6.45) is 5.73. The average molecular weight is 447 g/mol. The third kappa shape index (κ3) is 6.56. The molecule has 0 radical (unpaired) electrons. The Morgan fingerprint density at radius 2 is 2.03 bits per heavy atom. The number of carbonyl (C=O) groups excluding carboxylic acids is 2. The SMILES string of the molecule is CCCCC(=O)Nc1cnc2ccsc2c1NCC1CCN(C(=O)OC(C)(C)C)CC1. The van der Waals surface area contributed by atoms with Crippen molar-refractivity contribution in [3.63, 3.8) is 0 Å². The number of hydrogen-bond acceptors (Lipinski definition) is 6. The predicted octanol–water partition coefficient (Wildman–Crippen LogP) is 5.48. The zero-order valence-electron chi connectivity index (χ0n) is 19.0. The van der Waals surface area contributed by atoms with Gasteiger partial charge in [-0.2, -0.15) is 0 Å². The summed E-state index contributed by atoms with van der Waals surface area (Å²) >= 11 is 1.62. The molecule has 0 aliphatic carbocycles. The van der Waals surface area contributed by atoms with Gasteiger partial charge in [-0.15, -0.1) is 11.3 Å². The fourth-order valence-electron chi connectivity index (χ4n) is 3.63. The predicted molar refractivity (Wildman–Crippen MR) is 127 cm³/mol. The van der Waals surface area contributed by atoms with Crippen LogP contribution in [0.5, 0.6) is 0 Å². The largest absolute Gasteiger partial charge is 0.444 e. The lowest BCUT2D eigenvalue weighted by Gasteiger charge is -2.33. The molecule has 31 heavy (non-hydrogen) atoms. The van der Waals surface area contributed by atoms with Gasteiger partial charge in [0.15, 0.2) is 0 Å². The number of pyridine rings is 1. The number of nitrogens with one attached hydrogen (secondary N) is 2. The lowest BCUT2D eigenvalue weighted by Crippen LogP contribution is -2.42. The van der Waals surface area contributed by atoms with E-state index in [2.05, 4.69) is 22.5 Å². The van der Waals surface area contributed by atoms with E-state index in [1.165, 1.54) is 0 Å². The van der Waals surface area contributed by atoms with E-state index in [9.17, 15) is 9.59 Å². The Bertz CT molecular complexity index is 898. The maximum Gasteiger partial charge on any atom is 0.410 e. The first-order chi connectivity index (χ1) is 14.8. The summed E-state index contributed by atoms with van der Waals surface area (Å²) < 4.78 is 6.54. The molecule has 8 heteroatoms. The highest BCUT2D eigenvalue weighted by molar-refractivity contribution is 7.17. The fraction of sp³-hybridized carbons (Fsp3) is 0.609. The summed E-state index contributed by atoms with van der Waals surface area (Å²) in [6.45, 7) is 9.94. The molecule has 0 saturated carbocycles. The van der Waals surface area contributed by atoms with Gasteiger partial charge in [-0.1, -0.05) is 13.3 Å². The van der Waals surface area contributed by atoms with Crippen LogP contribution in [-0.4, -0.2) is 47.1 Å². The number of thiophene rings is 1. The van der Waals surface area contributed by atoms with Crippen LogP contribution < -0.4 is 10.6 Å². The minimum absolute atomic E-state index is 0.0216. The summed E-state index contributed by atoms with van der Waals surface area (Å²) in [5, 5.41) is 8.63. The summed E-state index contributed by atoms with van der Waals surface area (Å²) in [4.78, 5) is 30.9. The molecule has 1 fully saturated rings. The van der Waals surface area contributed by atoms with Crippen molar-refractivity contribution in [1.82, 2.24) is 9.88 Å². The Morgan fingerprint density at radius 1 is 1.29 bits per heavy atom. The van der Waals surface area contributed by atoms with E-state index in [0.717, 1.165) is 53.8 Å². The van der Waals surface area contributed by atoms with Gasteiger partial charge in [0, 0.05) is 26.1 Å². The van der Waals surface area contributed by atoms with Crippen molar-refractivity contribution >= 4 is 44.9 Å². The molecule has 2 aromatic heterocycles. The van der Waals surface area contributed by atoms with Gasteiger partial charge < -0.3 is 20.3 Å². The molecule has 1 aliphatic heterocycles. The van der Waals surface area contributed by atoms with Gasteiger partial charge in [0.2, 0.25) is 5.91 Å². The van der Waals surface area contributed by atoms with E-state index in [1.54, 1.807) is 22.4 Å². The number of likely N-dealkylation sites (tertiary alicyclic amines) is 1. The van der Waals surface area contributed by atoms with Crippen LogP contribution >= 0.6 is 11.3 Å². The Hall–Kier alpha value is -2.35. The van der Waals surface area contributed by atoms with Crippen LogP contribution in [0.3, 0.4) is 0 Å². The van der Waals surface area contributed by atoms with Gasteiger partial charge >= 0.3 is 6.09 Å². The number of nitrogens with zero attached hydrogens (tertiary/aromatic N) is 2. The van der Waals surface area contributed by atoms with Crippen molar-refractivity contribution in [2.75, 3.05) is 30.3 Å². The number of carbonyl (C=O) groups is 2. The van der Waals surface area contributed by atoms with E-state index in [1.807, 2.05) is 32.2 Å². The fourth-order valence-corrected chi connectivity index (χ4v) is 4.50. The molecule has 0 bridgehead atoms. The minimum Gasteiger partial charge on any atom is -0.444 e.